The third-order valence-corrected chi connectivity index (χ3v) is 4.48. The van der Waals surface area contributed by atoms with Crippen LogP contribution in [-0.2, 0) is 16.0 Å². The summed E-state index contributed by atoms with van der Waals surface area (Å²) in [5, 5.41) is 0. The minimum absolute atomic E-state index is 0.158. The molecule has 3 nitrogen and oxygen atoms in total. The predicted molar refractivity (Wildman–Crippen MR) is 85.3 cm³/mol. The molecule has 1 aromatic carbocycles. The minimum atomic E-state index is -0.245. The first-order valence-electron chi connectivity index (χ1n) is 8.12. The molecule has 2 rings (SSSR count). The molecular weight excluding hydrogens is 281 g/mol. The Morgan fingerprint density at radius 1 is 1.45 bits per heavy atom. The van der Waals surface area contributed by atoms with Crippen molar-refractivity contribution in [2.24, 2.45) is 5.92 Å². The summed E-state index contributed by atoms with van der Waals surface area (Å²) in [4.78, 5) is 14.5. The molecule has 1 saturated heterocycles. The van der Waals surface area contributed by atoms with E-state index in [0.717, 1.165) is 50.1 Å². The molecule has 4 heteroatoms. The molecule has 1 amide bonds. The second-order valence-corrected chi connectivity index (χ2v) is 6.23. The van der Waals surface area contributed by atoms with Crippen LogP contribution in [0.1, 0.15) is 36.8 Å². The highest BCUT2D eigenvalue weighted by Crippen LogP contribution is 2.22. The van der Waals surface area contributed by atoms with Crippen molar-refractivity contribution in [3.63, 3.8) is 0 Å². The van der Waals surface area contributed by atoms with Crippen LogP contribution in [0.5, 0.6) is 0 Å². The third kappa shape index (κ3) is 4.80. The van der Waals surface area contributed by atoms with Crippen molar-refractivity contribution in [3.05, 3.63) is 35.1 Å². The highest BCUT2D eigenvalue weighted by Gasteiger charge is 2.23. The fraction of sp³-hybridized carbons (Fsp3) is 0.611. The van der Waals surface area contributed by atoms with Gasteiger partial charge in [0.25, 0.3) is 0 Å². The van der Waals surface area contributed by atoms with Gasteiger partial charge in [-0.2, -0.15) is 0 Å². The number of benzene rings is 1. The number of carbonyl (C=O) groups excluding carboxylic acids is 1. The largest absolute Gasteiger partial charge is 0.385 e. The molecule has 1 heterocycles. The van der Waals surface area contributed by atoms with Crippen LogP contribution in [-0.4, -0.2) is 37.6 Å². The number of likely N-dealkylation sites (tertiary alicyclic amines) is 1. The molecule has 0 radical (unpaired) electrons. The quantitative estimate of drug-likeness (QED) is 0.754. The Morgan fingerprint density at radius 2 is 2.27 bits per heavy atom. The molecule has 0 aromatic heterocycles. The number of methoxy groups -OCH3 is 1. The topological polar surface area (TPSA) is 29.5 Å². The number of carbonyl (C=O) groups is 1. The summed E-state index contributed by atoms with van der Waals surface area (Å²) in [6, 6.07) is 4.65. The zero-order valence-electron chi connectivity index (χ0n) is 13.6. The molecular formula is C18H26FNO2. The molecule has 1 unspecified atom stereocenters. The SMILES string of the molecule is COCCCC1CCCN(C(=O)Cc2ccc(F)cc2C)C1. The van der Waals surface area contributed by atoms with Gasteiger partial charge in [0, 0.05) is 26.8 Å². The van der Waals surface area contributed by atoms with Crippen LogP contribution in [0.2, 0.25) is 0 Å². The number of piperidine rings is 1. The summed E-state index contributed by atoms with van der Waals surface area (Å²) in [6.45, 7) is 4.34. The minimum Gasteiger partial charge on any atom is -0.385 e. The summed E-state index contributed by atoms with van der Waals surface area (Å²) in [7, 11) is 1.72. The van der Waals surface area contributed by atoms with Gasteiger partial charge in [-0.15, -0.1) is 0 Å². The molecule has 0 N–H and O–H groups in total. The monoisotopic (exact) mass is 307 g/mol. The van der Waals surface area contributed by atoms with Crippen LogP contribution < -0.4 is 0 Å². The normalized spacial score (nSPS) is 18.5. The highest BCUT2D eigenvalue weighted by atomic mass is 19.1. The second-order valence-electron chi connectivity index (χ2n) is 6.23. The van der Waals surface area contributed by atoms with Gasteiger partial charge < -0.3 is 9.64 Å². The average molecular weight is 307 g/mol. The third-order valence-electron chi connectivity index (χ3n) is 4.48. The zero-order chi connectivity index (χ0) is 15.9. The zero-order valence-corrected chi connectivity index (χ0v) is 13.6. The van der Waals surface area contributed by atoms with E-state index >= 15 is 0 Å². The maximum Gasteiger partial charge on any atom is 0.227 e. The lowest BCUT2D eigenvalue weighted by atomic mass is 9.93. The Labute approximate surface area is 132 Å². The number of nitrogens with zero attached hydrogens (tertiary/aromatic N) is 1. The van der Waals surface area contributed by atoms with Gasteiger partial charge in [0.1, 0.15) is 5.82 Å². The standard InChI is InChI=1S/C18H26FNO2/c1-14-11-17(19)8-7-16(14)12-18(21)20-9-3-5-15(13-20)6-4-10-22-2/h7-8,11,15H,3-6,9-10,12-13H2,1-2H3. The summed E-state index contributed by atoms with van der Waals surface area (Å²) < 4.78 is 18.2. The molecule has 1 atom stereocenters. The average Bonchev–Trinajstić information content (AvgIpc) is 2.50. The van der Waals surface area contributed by atoms with Gasteiger partial charge in [0.2, 0.25) is 5.91 Å². The van der Waals surface area contributed by atoms with Gasteiger partial charge >= 0.3 is 0 Å². The summed E-state index contributed by atoms with van der Waals surface area (Å²) in [5.41, 5.74) is 1.77. The number of aryl methyl sites for hydroxylation is 1. The van der Waals surface area contributed by atoms with Crippen LogP contribution in [0.15, 0.2) is 18.2 Å². The van der Waals surface area contributed by atoms with Gasteiger partial charge in [0.15, 0.2) is 0 Å². The fourth-order valence-electron chi connectivity index (χ4n) is 3.18. The second kappa shape index (κ2) is 8.28. The van der Waals surface area contributed by atoms with Crippen molar-refractivity contribution in [2.45, 2.75) is 39.0 Å². The fourth-order valence-corrected chi connectivity index (χ4v) is 3.18. The summed E-state index contributed by atoms with van der Waals surface area (Å²) in [5.74, 6) is 0.498. The molecule has 122 valence electrons. The van der Waals surface area contributed by atoms with E-state index in [4.69, 9.17) is 4.74 Å². The van der Waals surface area contributed by atoms with E-state index in [-0.39, 0.29) is 11.7 Å². The Hall–Kier alpha value is -1.42. The first-order valence-corrected chi connectivity index (χ1v) is 8.12. The molecule has 0 saturated carbocycles. The number of hydrogen-bond donors (Lipinski definition) is 0. The van der Waals surface area contributed by atoms with Crippen LogP contribution in [0.25, 0.3) is 0 Å². The molecule has 0 aliphatic carbocycles. The van der Waals surface area contributed by atoms with Gasteiger partial charge in [-0.3, -0.25) is 4.79 Å². The van der Waals surface area contributed by atoms with Gasteiger partial charge in [-0.1, -0.05) is 6.07 Å². The predicted octanol–water partition coefficient (Wildman–Crippen LogP) is 3.34. The number of ether oxygens (including phenoxy) is 1. The van der Waals surface area contributed by atoms with E-state index in [0.29, 0.717) is 12.3 Å². The number of amides is 1. The lowest BCUT2D eigenvalue weighted by molar-refractivity contribution is -0.132. The van der Waals surface area contributed by atoms with E-state index in [1.807, 2.05) is 11.8 Å². The van der Waals surface area contributed by atoms with E-state index in [2.05, 4.69) is 0 Å². The van der Waals surface area contributed by atoms with E-state index in [1.54, 1.807) is 13.2 Å². The Bertz CT molecular complexity index is 504. The van der Waals surface area contributed by atoms with E-state index in [1.165, 1.54) is 18.6 Å². The molecule has 1 fully saturated rings. The maximum atomic E-state index is 13.1. The summed E-state index contributed by atoms with van der Waals surface area (Å²) >= 11 is 0. The highest BCUT2D eigenvalue weighted by molar-refractivity contribution is 5.79. The van der Waals surface area contributed by atoms with Gasteiger partial charge in [0.05, 0.1) is 6.42 Å². The molecule has 0 bridgehead atoms. The Balaban J connectivity index is 1.88. The van der Waals surface area contributed by atoms with Crippen molar-refractivity contribution in [1.29, 1.82) is 0 Å². The van der Waals surface area contributed by atoms with Crippen LogP contribution in [0, 0.1) is 18.7 Å². The van der Waals surface area contributed by atoms with Crippen molar-refractivity contribution in [2.75, 3.05) is 26.8 Å². The Kier molecular flexibility index (Phi) is 6.37. The smallest absolute Gasteiger partial charge is 0.227 e. The molecule has 0 spiro atoms. The maximum absolute atomic E-state index is 13.1. The molecule has 1 aromatic rings. The van der Waals surface area contributed by atoms with Crippen molar-refractivity contribution in [3.8, 4) is 0 Å². The van der Waals surface area contributed by atoms with Crippen LogP contribution in [0.4, 0.5) is 4.39 Å². The van der Waals surface area contributed by atoms with Gasteiger partial charge in [-0.25, -0.2) is 4.39 Å². The lowest BCUT2D eigenvalue weighted by Gasteiger charge is -2.33. The first-order chi connectivity index (χ1) is 10.6. The number of halogens is 1. The molecule has 1 aliphatic rings. The molecule has 22 heavy (non-hydrogen) atoms. The van der Waals surface area contributed by atoms with Crippen molar-refractivity contribution in [1.82, 2.24) is 4.90 Å². The van der Waals surface area contributed by atoms with Crippen molar-refractivity contribution < 1.29 is 13.9 Å². The lowest BCUT2D eigenvalue weighted by Crippen LogP contribution is -2.40. The van der Waals surface area contributed by atoms with E-state index < -0.39 is 0 Å². The number of rotatable bonds is 6. The van der Waals surface area contributed by atoms with Crippen LogP contribution >= 0.6 is 0 Å². The Morgan fingerprint density at radius 3 is 3.00 bits per heavy atom. The summed E-state index contributed by atoms with van der Waals surface area (Å²) in [6.07, 6.45) is 4.82. The number of hydrogen-bond acceptors (Lipinski definition) is 2. The molecule has 1 aliphatic heterocycles. The first kappa shape index (κ1) is 16.9. The van der Waals surface area contributed by atoms with Crippen LogP contribution in [0.3, 0.4) is 0 Å². The van der Waals surface area contributed by atoms with Gasteiger partial charge in [-0.05, 0) is 61.8 Å². The van der Waals surface area contributed by atoms with Crippen molar-refractivity contribution >= 4 is 5.91 Å². The van der Waals surface area contributed by atoms with E-state index in [9.17, 15) is 9.18 Å².